The van der Waals surface area contributed by atoms with Gasteiger partial charge in [-0.15, -0.1) is 0 Å². The fourth-order valence-corrected chi connectivity index (χ4v) is 5.44. The van der Waals surface area contributed by atoms with Crippen LogP contribution in [0.15, 0.2) is 24.3 Å². The molecule has 0 nitrogen and oxygen atoms in total. The summed E-state index contributed by atoms with van der Waals surface area (Å²) in [5, 5.41) is 0.979. The van der Waals surface area contributed by atoms with E-state index in [2.05, 4.69) is 31.2 Å². The Hall–Kier alpha value is -0.490. The first-order valence-electron chi connectivity index (χ1n) is 10.0. The molecule has 2 aliphatic rings. The van der Waals surface area contributed by atoms with Crippen LogP contribution in [0.1, 0.15) is 89.0 Å². The Labute approximate surface area is 148 Å². The highest BCUT2D eigenvalue weighted by Crippen LogP contribution is 2.45. The van der Waals surface area contributed by atoms with Crippen molar-refractivity contribution in [3.63, 3.8) is 0 Å². The summed E-state index contributed by atoms with van der Waals surface area (Å²) in [7, 11) is 0. The smallest absolute Gasteiger partial charge is 0.0440 e. The van der Waals surface area contributed by atoms with Crippen LogP contribution in [0.2, 0.25) is 5.02 Å². The fraction of sp³-hybridized carbons (Fsp3) is 0.727. The van der Waals surface area contributed by atoms with Crippen molar-refractivity contribution in [2.45, 2.75) is 83.5 Å². The Balaban J connectivity index is 1.46. The zero-order valence-corrected chi connectivity index (χ0v) is 15.5. The van der Waals surface area contributed by atoms with E-state index in [1.54, 1.807) is 0 Å². The molecule has 0 amide bonds. The third-order valence-corrected chi connectivity index (χ3v) is 6.99. The van der Waals surface area contributed by atoms with Crippen LogP contribution < -0.4 is 0 Å². The molecule has 1 aromatic carbocycles. The molecule has 2 aliphatic carbocycles. The second kappa shape index (κ2) is 8.56. The molecule has 0 spiro atoms. The lowest BCUT2D eigenvalue weighted by molar-refractivity contribution is 0.156. The van der Waals surface area contributed by atoms with Crippen LogP contribution in [-0.4, -0.2) is 0 Å². The van der Waals surface area contributed by atoms with Crippen molar-refractivity contribution in [1.82, 2.24) is 0 Å². The summed E-state index contributed by atoms with van der Waals surface area (Å²) >= 11 is 6.40. The predicted molar refractivity (Wildman–Crippen MR) is 101 cm³/mol. The van der Waals surface area contributed by atoms with Gasteiger partial charge < -0.3 is 0 Å². The number of hydrogen-bond acceptors (Lipinski definition) is 0. The van der Waals surface area contributed by atoms with Gasteiger partial charge in [0.2, 0.25) is 0 Å². The first-order chi connectivity index (χ1) is 11.3. The quantitative estimate of drug-likeness (QED) is 0.520. The van der Waals surface area contributed by atoms with Crippen molar-refractivity contribution in [2.24, 2.45) is 17.8 Å². The molecule has 3 rings (SSSR count). The van der Waals surface area contributed by atoms with E-state index in [1.807, 2.05) is 0 Å². The summed E-state index contributed by atoms with van der Waals surface area (Å²) in [6.07, 6.45) is 15.9. The maximum atomic E-state index is 6.40. The minimum atomic E-state index is 0.709. The average molecular weight is 333 g/mol. The van der Waals surface area contributed by atoms with Crippen molar-refractivity contribution in [1.29, 1.82) is 0 Å². The molecule has 128 valence electrons. The Kier molecular flexibility index (Phi) is 6.45. The SMILES string of the molecule is CCCCC1CCC(C2CCC(c3ccccc3Cl)CC2)CC1. The van der Waals surface area contributed by atoms with Crippen LogP contribution in [0, 0.1) is 17.8 Å². The molecular weight excluding hydrogens is 300 g/mol. The molecule has 1 aromatic rings. The number of halogens is 1. The summed E-state index contributed by atoms with van der Waals surface area (Å²) in [4.78, 5) is 0. The number of hydrogen-bond donors (Lipinski definition) is 0. The van der Waals surface area contributed by atoms with Crippen LogP contribution in [0.4, 0.5) is 0 Å². The summed E-state index contributed by atoms with van der Waals surface area (Å²) in [5.74, 6) is 3.78. The highest BCUT2D eigenvalue weighted by molar-refractivity contribution is 6.31. The van der Waals surface area contributed by atoms with Gasteiger partial charge in [-0.1, -0.05) is 68.8 Å². The summed E-state index contributed by atoms with van der Waals surface area (Å²) in [5.41, 5.74) is 1.40. The molecule has 0 unspecified atom stereocenters. The zero-order chi connectivity index (χ0) is 16.1. The lowest BCUT2D eigenvalue weighted by atomic mass is 9.68. The highest BCUT2D eigenvalue weighted by Gasteiger charge is 2.31. The first-order valence-corrected chi connectivity index (χ1v) is 10.4. The van der Waals surface area contributed by atoms with E-state index < -0.39 is 0 Å². The van der Waals surface area contributed by atoms with Crippen LogP contribution in [0.5, 0.6) is 0 Å². The molecule has 0 aromatic heterocycles. The predicted octanol–water partition coefficient (Wildman–Crippen LogP) is 7.61. The normalized spacial score (nSPS) is 31.9. The molecular formula is C22H33Cl. The number of benzene rings is 1. The van der Waals surface area contributed by atoms with E-state index in [4.69, 9.17) is 11.6 Å². The molecule has 1 heteroatoms. The second-order valence-corrected chi connectivity index (χ2v) is 8.46. The molecule has 0 atom stereocenters. The minimum Gasteiger partial charge on any atom is -0.0840 e. The van der Waals surface area contributed by atoms with Crippen molar-refractivity contribution in [2.75, 3.05) is 0 Å². The van der Waals surface area contributed by atoms with Gasteiger partial charge in [-0.05, 0) is 73.8 Å². The molecule has 0 bridgehead atoms. The number of unbranched alkanes of at least 4 members (excludes halogenated alkanes) is 1. The lowest BCUT2D eigenvalue weighted by Crippen LogP contribution is -2.25. The van der Waals surface area contributed by atoms with E-state index >= 15 is 0 Å². The highest BCUT2D eigenvalue weighted by atomic mass is 35.5. The summed E-state index contributed by atoms with van der Waals surface area (Å²) < 4.78 is 0. The van der Waals surface area contributed by atoms with Gasteiger partial charge >= 0.3 is 0 Å². The van der Waals surface area contributed by atoms with Crippen molar-refractivity contribution in [3.8, 4) is 0 Å². The van der Waals surface area contributed by atoms with Crippen molar-refractivity contribution >= 4 is 11.6 Å². The van der Waals surface area contributed by atoms with Crippen molar-refractivity contribution < 1.29 is 0 Å². The Morgan fingerprint density at radius 2 is 1.48 bits per heavy atom. The fourth-order valence-electron chi connectivity index (χ4n) is 5.15. The van der Waals surface area contributed by atoms with Crippen LogP contribution in [0.3, 0.4) is 0 Å². The molecule has 2 fully saturated rings. The van der Waals surface area contributed by atoms with Gasteiger partial charge in [-0.3, -0.25) is 0 Å². The molecule has 0 saturated heterocycles. The van der Waals surface area contributed by atoms with Crippen LogP contribution in [-0.2, 0) is 0 Å². The topological polar surface area (TPSA) is 0 Å². The Bertz CT molecular complexity index is 465. The van der Waals surface area contributed by atoms with Gasteiger partial charge in [0, 0.05) is 5.02 Å². The third kappa shape index (κ3) is 4.53. The first kappa shape index (κ1) is 17.3. The monoisotopic (exact) mass is 332 g/mol. The van der Waals surface area contributed by atoms with Crippen molar-refractivity contribution in [3.05, 3.63) is 34.9 Å². The van der Waals surface area contributed by atoms with Gasteiger partial charge in [0.25, 0.3) is 0 Å². The average Bonchev–Trinajstić information content (AvgIpc) is 2.61. The summed E-state index contributed by atoms with van der Waals surface area (Å²) in [6.45, 7) is 2.32. The largest absolute Gasteiger partial charge is 0.0840 e. The molecule has 0 aliphatic heterocycles. The molecule has 0 N–H and O–H groups in total. The van der Waals surface area contributed by atoms with E-state index in [0.717, 1.165) is 22.8 Å². The molecule has 0 radical (unpaired) electrons. The second-order valence-electron chi connectivity index (χ2n) is 8.06. The standard InChI is InChI=1S/C22H33Cl/c1-2-3-6-17-9-11-18(12-10-17)19-13-15-20(16-14-19)21-7-4-5-8-22(21)23/h4-5,7-8,17-20H,2-3,6,9-16H2,1H3. The maximum absolute atomic E-state index is 6.40. The third-order valence-electron chi connectivity index (χ3n) is 6.64. The van der Waals surface area contributed by atoms with E-state index in [0.29, 0.717) is 5.92 Å². The van der Waals surface area contributed by atoms with E-state index in [-0.39, 0.29) is 0 Å². The van der Waals surface area contributed by atoms with Gasteiger partial charge in [0.1, 0.15) is 0 Å². The Morgan fingerprint density at radius 1 is 0.870 bits per heavy atom. The maximum Gasteiger partial charge on any atom is 0.0440 e. The van der Waals surface area contributed by atoms with Gasteiger partial charge in [-0.25, -0.2) is 0 Å². The molecule has 2 saturated carbocycles. The van der Waals surface area contributed by atoms with Gasteiger partial charge in [-0.2, -0.15) is 0 Å². The Morgan fingerprint density at radius 3 is 2.09 bits per heavy atom. The lowest BCUT2D eigenvalue weighted by Gasteiger charge is -2.38. The van der Waals surface area contributed by atoms with Crippen LogP contribution >= 0.6 is 11.6 Å². The zero-order valence-electron chi connectivity index (χ0n) is 14.8. The molecule has 23 heavy (non-hydrogen) atoms. The van der Waals surface area contributed by atoms with E-state index in [1.165, 1.54) is 76.2 Å². The summed E-state index contributed by atoms with van der Waals surface area (Å²) in [6, 6.07) is 8.49. The van der Waals surface area contributed by atoms with Gasteiger partial charge in [0.15, 0.2) is 0 Å². The van der Waals surface area contributed by atoms with Crippen LogP contribution in [0.25, 0.3) is 0 Å². The number of rotatable bonds is 5. The molecule has 0 heterocycles. The van der Waals surface area contributed by atoms with Gasteiger partial charge in [0.05, 0.1) is 0 Å². The minimum absolute atomic E-state index is 0.709. The van der Waals surface area contributed by atoms with E-state index in [9.17, 15) is 0 Å².